The highest BCUT2D eigenvalue weighted by Crippen LogP contribution is 2.33. The Morgan fingerprint density at radius 2 is 2.04 bits per heavy atom. The smallest absolute Gasteiger partial charge is 0.410 e. The molecule has 26 heavy (non-hydrogen) atoms. The number of likely N-dealkylation sites (tertiary alicyclic amines) is 1. The van der Waals surface area contributed by atoms with Crippen molar-refractivity contribution in [2.24, 2.45) is 0 Å². The van der Waals surface area contributed by atoms with Gasteiger partial charge >= 0.3 is 6.09 Å². The van der Waals surface area contributed by atoms with Crippen molar-refractivity contribution in [2.45, 2.75) is 83.9 Å². The number of nitrogens with one attached hydrogen (secondary N) is 1. The quantitative estimate of drug-likeness (QED) is 0.790. The highest BCUT2D eigenvalue weighted by Gasteiger charge is 2.32. The molecule has 3 rings (SSSR count). The summed E-state index contributed by atoms with van der Waals surface area (Å²) in [5, 5.41) is 3.72. The molecule has 1 saturated heterocycles. The molecule has 0 aromatic rings. The van der Waals surface area contributed by atoms with Gasteiger partial charge in [-0.15, -0.1) is 0 Å². The summed E-state index contributed by atoms with van der Waals surface area (Å²) in [6, 6.07) is 0.851. The van der Waals surface area contributed by atoms with Crippen LogP contribution in [-0.4, -0.2) is 41.8 Å². The van der Waals surface area contributed by atoms with Gasteiger partial charge in [0.2, 0.25) is 0 Å². The summed E-state index contributed by atoms with van der Waals surface area (Å²) < 4.78 is 5.56. The third kappa shape index (κ3) is 5.00. The van der Waals surface area contributed by atoms with Crippen LogP contribution in [0.15, 0.2) is 34.9 Å². The average Bonchev–Trinajstić information content (AvgIpc) is 3.12. The Morgan fingerprint density at radius 3 is 2.81 bits per heavy atom. The van der Waals surface area contributed by atoms with Gasteiger partial charge in [0.25, 0.3) is 0 Å². The van der Waals surface area contributed by atoms with E-state index in [4.69, 9.17) is 4.74 Å². The Hall–Kier alpha value is -1.55. The molecule has 0 aromatic carbocycles. The predicted molar refractivity (Wildman–Crippen MR) is 106 cm³/mol. The second-order valence-corrected chi connectivity index (χ2v) is 8.96. The monoisotopic (exact) mass is 358 g/mol. The first kappa shape index (κ1) is 19.2. The molecule has 1 saturated carbocycles. The number of hydrogen-bond donors (Lipinski definition) is 1. The van der Waals surface area contributed by atoms with Gasteiger partial charge in [-0.3, -0.25) is 0 Å². The molecule has 0 bridgehead atoms. The van der Waals surface area contributed by atoms with Crippen LogP contribution in [0, 0.1) is 0 Å². The van der Waals surface area contributed by atoms with Gasteiger partial charge in [-0.05, 0) is 83.9 Å². The zero-order chi connectivity index (χ0) is 18.7. The first-order valence-electron chi connectivity index (χ1n) is 10.1. The van der Waals surface area contributed by atoms with Gasteiger partial charge < -0.3 is 15.0 Å². The van der Waals surface area contributed by atoms with Gasteiger partial charge in [0.05, 0.1) is 0 Å². The highest BCUT2D eigenvalue weighted by molar-refractivity contribution is 5.68. The molecule has 2 atom stereocenters. The van der Waals surface area contributed by atoms with Crippen molar-refractivity contribution in [1.82, 2.24) is 10.2 Å². The van der Waals surface area contributed by atoms with Crippen LogP contribution in [0.4, 0.5) is 4.79 Å². The lowest BCUT2D eigenvalue weighted by molar-refractivity contribution is 0.0220. The Labute approximate surface area is 158 Å². The number of carbonyl (C=O) groups excluding carboxylic acids is 1. The fourth-order valence-electron chi connectivity index (χ4n) is 4.15. The van der Waals surface area contributed by atoms with Crippen molar-refractivity contribution in [3.05, 3.63) is 34.9 Å². The van der Waals surface area contributed by atoms with Crippen LogP contribution in [0.3, 0.4) is 0 Å². The lowest BCUT2D eigenvalue weighted by Gasteiger charge is -2.29. The van der Waals surface area contributed by atoms with Crippen LogP contribution in [0.1, 0.15) is 66.2 Å². The van der Waals surface area contributed by atoms with Crippen LogP contribution in [0.25, 0.3) is 0 Å². The number of rotatable bonds is 4. The summed E-state index contributed by atoms with van der Waals surface area (Å²) in [6.45, 7) is 9.78. The number of fused-ring (bicyclic) bond motifs is 1. The Morgan fingerprint density at radius 1 is 1.27 bits per heavy atom. The minimum Gasteiger partial charge on any atom is -0.444 e. The molecular weight excluding hydrogens is 324 g/mol. The maximum absolute atomic E-state index is 12.4. The van der Waals surface area contributed by atoms with Crippen LogP contribution < -0.4 is 5.32 Å². The first-order valence-corrected chi connectivity index (χ1v) is 10.1. The van der Waals surface area contributed by atoms with Crippen LogP contribution in [-0.2, 0) is 4.74 Å². The van der Waals surface area contributed by atoms with E-state index in [0.717, 1.165) is 51.6 Å². The van der Waals surface area contributed by atoms with Crippen LogP contribution in [0.5, 0.6) is 0 Å². The second-order valence-electron chi connectivity index (χ2n) is 8.96. The molecule has 0 aromatic heterocycles. The summed E-state index contributed by atoms with van der Waals surface area (Å²) in [4.78, 5) is 14.3. The van der Waals surface area contributed by atoms with Gasteiger partial charge in [-0.25, -0.2) is 4.79 Å². The zero-order valence-corrected chi connectivity index (χ0v) is 16.8. The standard InChI is InChI=1S/C22H34N2O2/c1-16-7-9-17-14-19(15-18(17)10-8-16)23-12-11-20-6-5-13-24(20)21(25)26-22(2,3)4/h7,9-10,19-20,23H,5-6,8,11-15H2,1-4H3. The van der Waals surface area contributed by atoms with Crippen molar-refractivity contribution < 1.29 is 9.53 Å². The molecule has 2 unspecified atom stereocenters. The van der Waals surface area contributed by atoms with E-state index in [1.165, 1.54) is 16.7 Å². The van der Waals surface area contributed by atoms with E-state index in [-0.39, 0.29) is 6.09 Å². The molecule has 144 valence electrons. The van der Waals surface area contributed by atoms with E-state index in [9.17, 15) is 4.79 Å². The lowest BCUT2D eigenvalue weighted by atomic mass is 10.1. The van der Waals surface area contributed by atoms with E-state index >= 15 is 0 Å². The number of hydrogen-bond acceptors (Lipinski definition) is 3. The van der Waals surface area contributed by atoms with E-state index in [1.54, 1.807) is 0 Å². The molecule has 4 heteroatoms. The zero-order valence-electron chi connectivity index (χ0n) is 16.8. The molecule has 3 aliphatic rings. The fourth-order valence-corrected chi connectivity index (χ4v) is 4.15. The van der Waals surface area contributed by atoms with Gasteiger partial charge in [-0.2, -0.15) is 0 Å². The number of nitrogens with zero attached hydrogens (tertiary/aromatic N) is 1. The number of allylic oxidation sites excluding steroid dienone is 4. The average molecular weight is 359 g/mol. The Bertz CT molecular complexity index is 625. The molecule has 1 heterocycles. The molecule has 1 amide bonds. The minimum atomic E-state index is -0.421. The Balaban J connectivity index is 1.46. The van der Waals surface area contributed by atoms with Crippen molar-refractivity contribution in [3.8, 4) is 0 Å². The molecule has 2 fully saturated rings. The molecule has 1 aliphatic heterocycles. The minimum absolute atomic E-state index is 0.152. The molecule has 0 radical (unpaired) electrons. The summed E-state index contributed by atoms with van der Waals surface area (Å²) in [6.07, 6.45) is 13.3. The van der Waals surface area contributed by atoms with E-state index < -0.39 is 5.60 Å². The SMILES string of the molecule is CC1=CC=C2CC(NCCC3CCCN3C(=O)OC(C)(C)C)CC2=CC1. The van der Waals surface area contributed by atoms with E-state index in [2.05, 4.69) is 30.5 Å². The van der Waals surface area contributed by atoms with E-state index in [0.29, 0.717) is 12.1 Å². The third-order valence-electron chi connectivity index (χ3n) is 5.50. The number of ether oxygens (including phenoxy) is 1. The molecule has 4 nitrogen and oxygen atoms in total. The largest absolute Gasteiger partial charge is 0.444 e. The third-order valence-corrected chi connectivity index (χ3v) is 5.50. The fraction of sp³-hybridized carbons (Fsp3) is 0.682. The summed E-state index contributed by atoms with van der Waals surface area (Å²) in [7, 11) is 0. The lowest BCUT2D eigenvalue weighted by Crippen LogP contribution is -2.41. The van der Waals surface area contributed by atoms with Gasteiger partial charge in [0.15, 0.2) is 0 Å². The summed E-state index contributed by atoms with van der Waals surface area (Å²) in [5.74, 6) is 0. The van der Waals surface area contributed by atoms with E-state index in [1.807, 2.05) is 25.7 Å². The summed E-state index contributed by atoms with van der Waals surface area (Å²) in [5.41, 5.74) is 4.03. The predicted octanol–water partition coefficient (Wildman–Crippen LogP) is 4.73. The molecule has 1 N–H and O–H groups in total. The van der Waals surface area contributed by atoms with Crippen LogP contribution >= 0.6 is 0 Å². The second kappa shape index (κ2) is 7.99. The number of amides is 1. The molecular formula is C22H34N2O2. The number of carbonyl (C=O) groups is 1. The van der Waals surface area contributed by atoms with Crippen molar-refractivity contribution >= 4 is 6.09 Å². The normalized spacial score (nSPS) is 26.0. The Kier molecular flexibility index (Phi) is 5.91. The summed E-state index contributed by atoms with van der Waals surface area (Å²) >= 11 is 0. The van der Waals surface area contributed by atoms with Crippen LogP contribution in [0.2, 0.25) is 0 Å². The van der Waals surface area contributed by atoms with Gasteiger partial charge in [-0.1, -0.05) is 23.8 Å². The van der Waals surface area contributed by atoms with Gasteiger partial charge in [0.1, 0.15) is 5.60 Å². The highest BCUT2D eigenvalue weighted by atomic mass is 16.6. The first-order chi connectivity index (χ1) is 12.3. The molecule has 0 spiro atoms. The van der Waals surface area contributed by atoms with Crippen molar-refractivity contribution in [1.29, 1.82) is 0 Å². The maximum Gasteiger partial charge on any atom is 0.410 e. The maximum atomic E-state index is 12.4. The topological polar surface area (TPSA) is 41.6 Å². The van der Waals surface area contributed by atoms with Crippen molar-refractivity contribution in [2.75, 3.05) is 13.1 Å². The molecule has 2 aliphatic carbocycles. The van der Waals surface area contributed by atoms with Crippen molar-refractivity contribution in [3.63, 3.8) is 0 Å². The van der Waals surface area contributed by atoms with Gasteiger partial charge in [0, 0.05) is 18.6 Å².